The Morgan fingerprint density at radius 3 is 2.42 bits per heavy atom. The fraction of sp³-hybridized carbons (Fsp3) is 0.385. The van der Waals surface area contributed by atoms with Crippen LogP contribution in [0.3, 0.4) is 0 Å². The van der Waals surface area contributed by atoms with Crippen molar-refractivity contribution in [2.24, 2.45) is 0 Å². The van der Waals surface area contributed by atoms with Crippen LogP contribution in [-0.2, 0) is 9.59 Å². The number of nitrogens with one attached hydrogen (secondary N) is 2. The molecule has 0 spiro atoms. The van der Waals surface area contributed by atoms with Crippen molar-refractivity contribution in [1.82, 2.24) is 10.2 Å². The predicted octanol–water partition coefficient (Wildman–Crippen LogP) is 3.62. The highest BCUT2D eigenvalue weighted by atomic mass is 16.2. The van der Waals surface area contributed by atoms with Crippen LogP contribution in [0.25, 0.3) is 0 Å². The molecular formula is C26H27N3O4. The first-order valence-corrected chi connectivity index (χ1v) is 11.7. The van der Waals surface area contributed by atoms with Crippen molar-refractivity contribution >= 4 is 29.3 Å². The van der Waals surface area contributed by atoms with Crippen LogP contribution in [0.4, 0.5) is 5.69 Å². The molecule has 3 atom stereocenters. The molecule has 0 bridgehead atoms. The first-order valence-electron chi connectivity index (χ1n) is 11.7. The Balaban J connectivity index is 1.33. The smallest absolute Gasteiger partial charge is 0.264 e. The Kier molecular flexibility index (Phi) is 5.70. The van der Waals surface area contributed by atoms with Gasteiger partial charge < -0.3 is 5.32 Å². The van der Waals surface area contributed by atoms with Gasteiger partial charge in [-0.2, -0.15) is 0 Å². The zero-order valence-electron chi connectivity index (χ0n) is 18.4. The van der Waals surface area contributed by atoms with E-state index in [1.165, 1.54) is 5.56 Å². The molecule has 1 saturated heterocycles. The van der Waals surface area contributed by atoms with Gasteiger partial charge >= 0.3 is 0 Å². The Morgan fingerprint density at radius 1 is 0.818 bits per heavy atom. The van der Waals surface area contributed by atoms with Crippen molar-refractivity contribution in [2.75, 3.05) is 5.32 Å². The van der Waals surface area contributed by atoms with Crippen molar-refractivity contribution in [1.29, 1.82) is 0 Å². The fourth-order valence-corrected chi connectivity index (χ4v) is 5.36. The molecule has 0 aromatic heterocycles. The molecule has 2 aromatic carbocycles. The average molecular weight is 446 g/mol. The Hall–Kier alpha value is -3.48. The van der Waals surface area contributed by atoms with Gasteiger partial charge in [0.15, 0.2) is 0 Å². The third-order valence-corrected chi connectivity index (χ3v) is 7.07. The van der Waals surface area contributed by atoms with E-state index >= 15 is 0 Å². The molecule has 2 N–H and O–H groups in total. The van der Waals surface area contributed by atoms with E-state index in [1.54, 1.807) is 12.1 Å². The second-order valence-electron chi connectivity index (χ2n) is 9.13. The summed E-state index contributed by atoms with van der Waals surface area (Å²) >= 11 is 0. The zero-order chi connectivity index (χ0) is 22.9. The van der Waals surface area contributed by atoms with E-state index in [2.05, 4.69) is 34.9 Å². The van der Waals surface area contributed by atoms with Crippen molar-refractivity contribution < 1.29 is 19.2 Å². The highest BCUT2D eigenvalue weighted by Gasteiger charge is 2.45. The number of nitrogens with zero attached hydrogens (tertiary/aromatic N) is 1. The van der Waals surface area contributed by atoms with Crippen molar-refractivity contribution in [3.63, 3.8) is 0 Å². The van der Waals surface area contributed by atoms with Crippen molar-refractivity contribution in [3.05, 3.63) is 65.2 Å². The average Bonchev–Trinajstić information content (AvgIpc) is 2.96. The van der Waals surface area contributed by atoms with E-state index < -0.39 is 23.8 Å². The molecule has 33 heavy (non-hydrogen) atoms. The van der Waals surface area contributed by atoms with Gasteiger partial charge in [0.2, 0.25) is 11.8 Å². The fourth-order valence-electron chi connectivity index (χ4n) is 5.36. The monoisotopic (exact) mass is 445 g/mol. The summed E-state index contributed by atoms with van der Waals surface area (Å²) in [6.45, 7) is 0. The topological polar surface area (TPSA) is 95.6 Å². The lowest BCUT2D eigenvalue weighted by Crippen LogP contribution is -2.54. The first kappa shape index (κ1) is 21.4. The predicted molar refractivity (Wildman–Crippen MR) is 123 cm³/mol. The SMILES string of the molecule is O=C1CCC(N2C(=O)c3cccc(NC4CCCC(c5ccccc5)CC4)c3C2=O)C(=O)N1. The van der Waals surface area contributed by atoms with E-state index in [0.717, 1.165) is 37.0 Å². The van der Waals surface area contributed by atoms with Gasteiger partial charge in [-0.3, -0.25) is 29.4 Å². The third-order valence-electron chi connectivity index (χ3n) is 7.07. The van der Waals surface area contributed by atoms with E-state index in [-0.39, 0.29) is 24.8 Å². The number of benzene rings is 2. The molecule has 2 heterocycles. The van der Waals surface area contributed by atoms with E-state index in [1.807, 2.05) is 12.1 Å². The zero-order valence-corrected chi connectivity index (χ0v) is 18.4. The van der Waals surface area contributed by atoms with Crippen LogP contribution in [0.15, 0.2) is 48.5 Å². The number of fused-ring (bicyclic) bond motifs is 1. The molecule has 170 valence electrons. The normalized spacial score (nSPS) is 25.5. The molecule has 2 aliphatic heterocycles. The summed E-state index contributed by atoms with van der Waals surface area (Å²) in [5, 5.41) is 5.77. The summed E-state index contributed by atoms with van der Waals surface area (Å²) < 4.78 is 0. The van der Waals surface area contributed by atoms with Crippen LogP contribution in [0.2, 0.25) is 0 Å². The molecular weight excluding hydrogens is 418 g/mol. The quantitative estimate of drug-likeness (QED) is 0.554. The maximum Gasteiger partial charge on any atom is 0.264 e. The standard InChI is InChI=1S/C26H27N3O4/c30-22-15-14-21(24(31)28-22)29-25(32)19-10-5-11-20(23(19)26(29)33)27-18-9-4-8-17(12-13-18)16-6-2-1-3-7-16/h1-3,5-7,10-11,17-18,21,27H,4,8-9,12-15H2,(H,28,30,31). The number of carbonyl (C=O) groups excluding carboxylic acids is 4. The van der Waals surface area contributed by atoms with Gasteiger partial charge in [0.1, 0.15) is 6.04 Å². The lowest BCUT2D eigenvalue weighted by Gasteiger charge is -2.28. The van der Waals surface area contributed by atoms with Crippen LogP contribution in [0, 0.1) is 0 Å². The molecule has 1 aliphatic carbocycles. The minimum absolute atomic E-state index is 0.111. The largest absolute Gasteiger partial charge is 0.382 e. The number of anilines is 1. The number of hydrogen-bond donors (Lipinski definition) is 2. The molecule has 7 heteroatoms. The Morgan fingerprint density at radius 2 is 1.64 bits per heavy atom. The molecule has 7 nitrogen and oxygen atoms in total. The minimum Gasteiger partial charge on any atom is -0.382 e. The number of carbonyl (C=O) groups is 4. The summed E-state index contributed by atoms with van der Waals surface area (Å²) in [4.78, 5) is 51.2. The van der Waals surface area contributed by atoms with Gasteiger partial charge in [0.25, 0.3) is 11.8 Å². The Bertz CT molecular complexity index is 1110. The van der Waals surface area contributed by atoms with E-state index in [4.69, 9.17) is 0 Å². The molecule has 2 aromatic rings. The number of hydrogen-bond acceptors (Lipinski definition) is 5. The van der Waals surface area contributed by atoms with Crippen molar-refractivity contribution in [2.45, 2.75) is 62.9 Å². The van der Waals surface area contributed by atoms with Gasteiger partial charge in [0.05, 0.1) is 11.1 Å². The molecule has 5 rings (SSSR count). The van der Waals surface area contributed by atoms with E-state index in [9.17, 15) is 19.2 Å². The van der Waals surface area contributed by atoms with Crippen LogP contribution in [-0.4, -0.2) is 40.6 Å². The van der Waals surface area contributed by atoms with E-state index in [0.29, 0.717) is 22.7 Å². The van der Waals surface area contributed by atoms with Gasteiger partial charge in [-0.1, -0.05) is 42.8 Å². The van der Waals surface area contributed by atoms with Gasteiger partial charge in [0, 0.05) is 18.2 Å². The first-order chi connectivity index (χ1) is 16.0. The highest BCUT2D eigenvalue weighted by molar-refractivity contribution is 6.25. The number of rotatable bonds is 4. The van der Waals surface area contributed by atoms with Gasteiger partial charge in [-0.25, -0.2) is 0 Å². The minimum atomic E-state index is -0.951. The third kappa shape index (κ3) is 4.03. The van der Waals surface area contributed by atoms with Crippen LogP contribution in [0.1, 0.15) is 77.1 Å². The molecule has 1 saturated carbocycles. The molecule has 4 amide bonds. The highest BCUT2D eigenvalue weighted by Crippen LogP contribution is 2.36. The number of amides is 4. The van der Waals surface area contributed by atoms with Crippen molar-refractivity contribution in [3.8, 4) is 0 Å². The number of imide groups is 2. The summed E-state index contributed by atoms with van der Waals surface area (Å²) in [5.74, 6) is -1.38. The summed E-state index contributed by atoms with van der Waals surface area (Å²) in [5.41, 5.74) is 2.66. The second kappa shape index (κ2) is 8.81. The molecule has 2 fully saturated rings. The van der Waals surface area contributed by atoms with Crippen LogP contribution in [0.5, 0.6) is 0 Å². The molecule has 3 aliphatic rings. The van der Waals surface area contributed by atoms with Gasteiger partial charge in [-0.15, -0.1) is 0 Å². The molecule has 3 unspecified atom stereocenters. The van der Waals surface area contributed by atoms with Crippen LogP contribution < -0.4 is 10.6 Å². The summed E-state index contributed by atoms with van der Waals surface area (Å²) in [7, 11) is 0. The number of piperidine rings is 1. The molecule has 0 radical (unpaired) electrons. The summed E-state index contributed by atoms with van der Waals surface area (Å²) in [6, 6.07) is 15.1. The lowest BCUT2D eigenvalue weighted by atomic mass is 9.92. The maximum atomic E-state index is 13.3. The van der Waals surface area contributed by atoms with Crippen LogP contribution >= 0.6 is 0 Å². The maximum absolute atomic E-state index is 13.3. The Labute approximate surface area is 192 Å². The second-order valence-corrected chi connectivity index (χ2v) is 9.13. The van der Waals surface area contributed by atoms with Gasteiger partial charge in [-0.05, 0) is 55.7 Å². The summed E-state index contributed by atoms with van der Waals surface area (Å²) in [6.07, 6.45) is 5.51. The lowest BCUT2D eigenvalue weighted by molar-refractivity contribution is -0.136.